The average molecular weight is 488 g/mol. The fourth-order valence-electron chi connectivity index (χ4n) is 4.05. The predicted molar refractivity (Wildman–Crippen MR) is 129 cm³/mol. The lowest BCUT2D eigenvalue weighted by molar-refractivity contribution is -0.139. The molecule has 2 atom stereocenters. The van der Waals surface area contributed by atoms with Gasteiger partial charge < -0.3 is 9.64 Å². The molecule has 4 rings (SSSR count). The first-order chi connectivity index (χ1) is 16.1. The van der Waals surface area contributed by atoms with E-state index in [-0.39, 0.29) is 23.0 Å². The molecule has 0 N–H and O–H groups in total. The zero-order valence-electron chi connectivity index (χ0n) is 19.6. The topological polar surface area (TPSA) is 38.2 Å². The normalized spacial score (nSPS) is 19.0. The molecule has 0 radical (unpaired) electrons. The zero-order chi connectivity index (χ0) is 24.5. The van der Waals surface area contributed by atoms with Crippen LogP contribution in [0.1, 0.15) is 44.7 Å². The van der Waals surface area contributed by atoms with Crippen molar-refractivity contribution in [3.63, 3.8) is 0 Å². The Hall–Kier alpha value is -2.58. The van der Waals surface area contributed by atoms with Crippen LogP contribution in [0.2, 0.25) is 0 Å². The molecule has 3 aromatic rings. The second-order valence-electron chi connectivity index (χ2n) is 8.91. The van der Waals surface area contributed by atoms with Crippen LogP contribution in [-0.2, 0) is 10.9 Å². The summed E-state index contributed by atoms with van der Waals surface area (Å²) in [5, 5.41) is 0. The van der Waals surface area contributed by atoms with Gasteiger partial charge in [-0.1, -0.05) is 49.9 Å². The molecule has 180 valence electrons. The second kappa shape index (κ2) is 9.96. The van der Waals surface area contributed by atoms with Gasteiger partial charge in [0.25, 0.3) is 0 Å². The third-order valence-electron chi connectivity index (χ3n) is 5.90. The number of aromatic nitrogens is 2. The molecule has 34 heavy (non-hydrogen) atoms. The fourth-order valence-corrected chi connectivity index (χ4v) is 5.28. The summed E-state index contributed by atoms with van der Waals surface area (Å²) in [6.07, 6.45) is -3.03. The molecule has 4 nitrogen and oxygen atoms in total. The summed E-state index contributed by atoms with van der Waals surface area (Å²) in [6, 6.07) is 13.9. The summed E-state index contributed by atoms with van der Waals surface area (Å²) in [6.45, 7) is 9.34. The van der Waals surface area contributed by atoms with E-state index < -0.39 is 11.7 Å². The maximum atomic E-state index is 14.1. The van der Waals surface area contributed by atoms with Crippen molar-refractivity contribution < 1.29 is 17.9 Å². The molecule has 0 amide bonds. The number of anilines is 1. The van der Waals surface area contributed by atoms with Gasteiger partial charge in [-0.15, -0.1) is 0 Å². The van der Waals surface area contributed by atoms with Crippen LogP contribution < -0.4 is 4.90 Å². The first-order valence-corrected chi connectivity index (χ1v) is 12.1. The molecule has 2 aromatic carbocycles. The smallest absolute Gasteiger partial charge is 0.375 e. The Morgan fingerprint density at radius 1 is 1.03 bits per heavy atom. The molecule has 1 aliphatic rings. The van der Waals surface area contributed by atoms with Gasteiger partial charge in [-0.25, -0.2) is 9.97 Å². The van der Waals surface area contributed by atoms with Crippen molar-refractivity contribution in [2.45, 2.75) is 61.7 Å². The van der Waals surface area contributed by atoms with Crippen LogP contribution in [0.4, 0.5) is 19.0 Å². The molecule has 1 saturated heterocycles. The molecule has 1 aliphatic heterocycles. The lowest BCUT2D eigenvalue weighted by Crippen LogP contribution is -2.47. The Morgan fingerprint density at radius 3 is 2.53 bits per heavy atom. The third kappa shape index (κ3) is 5.39. The van der Waals surface area contributed by atoms with E-state index in [0.29, 0.717) is 30.2 Å². The van der Waals surface area contributed by atoms with Crippen molar-refractivity contribution in [1.29, 1.82) is 0 Å². The minimum Gasteiger partial charge on any atom is -0.375 e. The summed E-state index contributed by atoms with van der Waals surface area (Å²) in [5.41, 5.74) is 1.23. The van der Waals surface area contributed by atoms with Crippen molar-refractivity contribution >= 4 is 17.6 Å². The number of halogens is 3. The summed E-state index contributed by atoms with van der Waals surface area (Å²) in [5.74, 6) is 0.896. The van der Waals surface area contributed by atoms with E-state index in [1.165, 1.54) is 12.4 Å². The van der Waals surface area contributed by atoms with Crippen LogP contribution >= 0.6 is 11.8 Å². The fraction of sp³-hybridized carbons (Fsp3) is 0.385. The van der Waals surface area contributed by atoms with Crippen molar-refractivity contribution in [3.05, 3.63) is 66.0 Å². The number of rotatable bonds is 5. The van der Waals surface area contributed by atoms with E-state index >= 15 is 0 Å². The van der Waals surface area contributed by atoms with E-state index in [9.17, 15) is 13.2 Å². The van der Waals surface area contributed by atoms with Crippen LogP contribution in [0.5, 0.6) is 0 Å². The number of alkyl halides is 3. The highest BCUT2D eigenvalue weighted by molar-refractivity contribution is 7.99. The maximum absolute atomic E-state index is 14.1. The van der Waals surface area contributed by atoms with E-state index in [0.717, 1.165) is 22.2 Å². The molecular formula is C26H28F3N3OS. The van der Waals surface area contributed by atoms with Crippen LogP contribution in [0.25, 0.3) is 11.3 Å². The van der Waals surface area contributed by atoms with E-state index in [1.54, 1.807) is 18.2 Å². The van der Waals surface area contributed by atoms with Crippen molar-refractivity contribution in [1.82, 2.24) is 9.97 Å². The van der Waals surface area contributed by atoms with Gasteiger partial charge in [0.15, 0.2) is 0 Å². The van der Waals surface area contributed by atoms with Crippen molar-refractivity contribution in [2.24, 2.45) is 0 Å². The summed E-state index contributed by atoms with van der Waals surface area (Å²) in [4.78, 5) is 11.8. The SMILES string of the molecule is CC1CN(c2cc(-c3ccc(Sc4ccccc4C(C)C)c(C(F)(F)F)c3)ncn2)C(C)CO1. The van der Waals surface area contributed by atoms with Crippen LogP contribution in [-0.4, -0.2) is 35.3 Å². The Balaban J connectivity index is 1.70. The second-order valence-corrected chi connectivity index (χ2v) is 9.99. The van der Waals surface area contributed by atoms with Crippen LogP contribution in [0.15, 0.2) is 64.6 Å². The highest BCUT2D eigenvalue weighted by atomic mass is 32.2. The van der Waals surface area contributed by atoms with Gasteiger partial charge in [-0.05, 0) is 43.5 Å². The number of morpholine rings is 1. The van der Waals surface area contributed by atoms with Gasteiger partial charge in [0.05, 0.1) is 30.0 Å². The Bertz CT molecular complexity index is 1150. The van der Waals surface area contributed by atoms with Crippen LogP contribution in [0, 0.1) is 0 Å². The van der Waals surface area contributed by atoms with Gasteiger partial charge >= 0.3 is 6.18 Å². The number of ether oxygens (including phenoxy) is 1. The lowest BCUT2D eigenvalue weighted by atomic mass is 10.0. The summed E-state index contributed by atoms with van der Waals surface area (Å²) < 4.78 is 48.0. The first-order valence-electron chi connectivity index (χ1n) is 11.3. The Labute approximate surface area is 202 Å². The highest BCUT2D eigenvalue weighted by Gasteiger charge is 2.34. The summed E-state index contributed by atoms with van der Waals surface area (Å²) in [7, 11) is 0. The molecule has 0 bridgehead atoms. The zero-order valence-corrected chi connectivity index (χ0v) is 20.5. The van der Waals surface area contributed by atoms with Crippen molar-refractivity contribution in [3.8, 4) is 11.3 Å². The standard InChI is InChI=1S/C26H28F3N3OS/c1-16(2)20-7-5-6-8-23(20)34-24-10-9-19(11-21(24)26(27,28)29)22-12-25(31-15-30-22)32-13-18(4)33-14-17(32)3/h5-12,15-18H,13-14H2,1-4H3. The summed E-state index contributed by atoms with van der Waals surface area (Å²) >= 11 is 1.15. The van der Waals surface area contributed by atoms with Crippen LogP contribution in [0.3, 0.4) is 0 Å². The van der Waals surface area contributed by atoms with Crippen molar-refractivity contribution in [2.75, 3.05) is 18.1 Å². The third-order valence-corrected chi connectivity index (χ3v) is 7.06. The number of hydrogen-bond donors (Lipinski definition) is 0. The molecule has 2 unspecified atom stereocenters. The minimum atomic E-state index is -4.49. The molecule has 0 aliphatic carbocycles. The molecule has 0 saturated carbocycles. The first kappa shape index (κ1) is 24.5. The number of benzene rings is 2. The van der Waals surface area contributed by atoms with Gasteiger partial charge in [0.1, 0.15) is 12.1 Å². The number of hydrogen-bond acceptors (Lipinski definition) is 5. The van der Waals surface area contributed by atoms with E-state index in [1.807, 2.05) is 52.0 Å². The molecule has 2 heterocycles. The largest absolute Gasteiger partial charge is 0.417 e. The Kier molecular flexibility index (Phi) is 7.19. The predicted octanol–water partition coefficient (Wildman–Crippen LogP) is 7.05. The number of nitrogens with zero attached hydrogens (tertiary/aromatic N) is 3. The molecule has 8 heteroatoms. The molecule has 1 aromatic heterocycles. The maximum Gasteiger partial charge on any atom is 0.417 e. The van der Waals surface area contributed by atoms with Gasteiger partial charge in [-0.2, -0.15) is 13.2 Å². The average Bonchev–Trinajstić information content (AvgIpc) is 2.80. The quantitative estimate of drug-likeness (QED) is 0.386. The Morgan fingerprint density at radius 2 is 1.79 bits per heavy atom. The van der Waals surface area contributed by atoms with Gasteiger partial charge in [-0.3, -0.25) is 0 Å². The van der Waals surface area contributed by atoms with E-state index in [4.69, 9.17) is 4.74 Å². The van der Waals surface area contributed by atoms with E-state index in [2.05, 4.69) is 14.9 Å². The van der Waals surface area contributed by atoms with Gasteiger partial charge in [0, 0.05) is 28.0 Å². The molecule has 0 spiro atoms. The monoisotopic (exact) mass is 487 g/mol. The molecule has 1 fully saturated rings. The lowest BCUT2D eigenvalue weighted by Gasteiger charge is -2.37. The van der Waals surface area contributed by atoms with Gasteiger partial charge in [0.2, 0.25) is 0 Å². The molecular weight excluding hydrogens is 459 g/mol. The minimum absolute atomic E-state index is 0.0523. The highest BCUT2D eigenvalue weighted by Crippen LogP contribution is 2.43.